The number of imidazole rings is 1. The van der Waals surface area contributed by atoms with Gasteiger partial charge in [-0.1, -0.05) is 78.9 Å². The second kappa shape index (κ2) is 6.35. The van der Waals surface area contributed by atoms with Crippen LogP contribution >= 0.6 is 0 Å². The molecule has 0 N–H and O–H groups in total. The lowest BCUT2D eigenvalue weighted by Crippen LogP contribution is -2.00. The summed E-state index contributed by atoms with van der Waals surface area (Å²) in [6, 6.07) is 31.9. The summed E-state index contributed by atoms with van der Waals surface area (Å²) in [5.41, 5.74) is 7.02. The van der Waals surface area contributed by atoms with Crippen molar-refractivity contribution in [3.05, 3.63) is 109 Å². The largest absolute Gasteiger partial charge is 0.335 e. The molecule has 0 fully saturated rings. The predicted octanol–water partition coefficient (Wildman–Crippen LogP) is 6.16. The molecule has 3 aromatic heterocycles. The molecular formula is C26H19N3. The van der Waals surface area contributed by atoms with E-state index in [9.17, 15) is 0 Å². The first kappa shape index (κ1) is 16.1. The van der Waals surface area contributed by atoms with Crippen molar-refractivity contribution in [2.75, 3.05) is 0 Å². The monoisotopic (exact) mass is 373 g/mol. The second-order valence-electron chi connectivity index (χ2n) is 7.40. The van der Waals surface area contributed by atoms with E-state index in [0.29, 0.717) is 0 Å². The van der Waals surface area contributed by atoms with E-state index in [1.165, 1.54) is 32.9 Å². The molecule has 29 heavy (non-hydrogen) atoms. The van der Waals surface area contributed by atoms with Gasteiger partial charge in [-0.15, -0.1) is 0 Å². The maximum atomic E-state index is 4.70. The Hall–Kier alpha value is -3.85. The fourth-order valence-electron chi connectivity index (χ4n) is 4.27. The van der Waals surface area contributed by atoms with E-state index >= 15 is 0 Å². The quantitative estimate of drug-likeness (QED) is 0.364. The van der Waals surface area contributed by atoms with Crippen molar-refractivity contribution < 1.29 is 0 Å². The Labute approximate surface area is 168 Å². The molecule has 6 rings (SSSR count). The van der Waals surface area contributed by atoms with Gasteiger partial charge in [-0.25, -0.2) is 4.98 Å². The van der Waals surface area contributed by atoms with Crippen LogP contribution in [0.1, 0.15) is 5.56 Å². The third-order valence-corrected chi connectivity index (χ3v) is 5.66. The minimum absolute atomic E-state index is 0.839. The molecule has 6 aromatic rings. The van der Waals surface area contributed by atoms with E-state index in [0.717, 1.165) is 17.9 Å². The number of para-hydroxylation sites is 1. The molecule has 0 amide bonds. The van der Waals surface area contributed by atoms with Crippen LogP contribution in [0, 0.1) is 0 Å². The van der Waals surface area contributed by atoms with E-state index in [4.69, 9.17) is 4.98 Å². The minimum Gasteiger partial charge on any atom is -0.335 e. The van der Waals surface area contributed by atoms with Crippen molar-refractivity contribution in [2.24, 2.45) is 0 Å². The maximum absolute atomic E-state index is 4.70. The van der Waals surface area contributed by atoms with Crippen LogP contribution < -0.4 is 0 Å². The Bertz CT molecular complexity index is 1460. The first-order valence-electron chi connectivity index (χ1n) is 9.86. The van der Waals surface area contributed by atoms with Crippen molar-refractivity contribution in [1.82, 2.24) is 14.0 Å². The highest BCUT2D eigenvalue weighted by Gasteiger charge is 2.14. The summed E-state index contributed by atoms with van der Waals surface area (Å²) < 4.78 is 4.62. The van der Waals surface area contributed by atoms with E-state index in [1.807, 2.05) is 12.3 Å². The Balaban J connectivity index is 1.66. The van der Waals surface area contributed by atoms with Crippen LogP contribution in [-0.4, -0.2) is 14.0 Å². The number of nitrogens with zero attached hydrogens (tertiary/aromatic N) is 3. The van der Waals surface area contributed by atoms with Gasteiger partial charge in [0.05, 0.1) is 17.4 Å². The van der Waals surface area contributed by atoms with Gasteiger partial charge in [0.1, 0.15) is 5.65 Å². The van der Waals surface area contributed by atoms with Crippen molar-refractivity contribution in [2.45, 2.75) is 6.54 Å². The summed E-state index contributed by atoms with van der Waals surface area (Å²) >= 11 is 0. The van der Waals surface area contributed by atoms with Crippen molar-refractivity contribution >= 4 is 27.5 Å². The zero-order valence-electron chi connectivity index (χ0n) is 15.9. The summed E-state index contributed by atoms with van der Waals surface area (Å²) in [5, 5.41) is 2.51. The molecule has 3 aromatic carbocycles. The van der Waals surface area contributed by atoms with Gasteiger partial charge in [-0.2, -0.15) is 0 Å². The van der Waals surface area contributed by atoms with E-state index < -0.39 is 0 Å². The first-order chi connectivity index (χ1) is 14.4. The van der Waals surface area contributed by atoms with Crippen LogP contribution in [0.4, 0.5) is 0 Å². The topological polar surface area (TPSA) is 22.2 Å². The molecule has 0 radical (unpaired) electrons. The first-order valence-corrected chi connectivity index (χ1v) is 9.86. The molecule has 3 nitrogen and oxygen atoms in total. The molecule has 0 bridgehead atoms. The average molecular weight is 373 g/mol. The van der Waals surface area contributed by atoms with Crippen LogP contribution in [0.25, 0.3) is 38.7 Å². The maximum Gasteiger partial charge on any atom is 0.137 e. The van der Waals surface area contributed by atoms with Crippen molar-refractivity contribution in [3.8, 4) is 11.3 Å². The Morgan fingerprint density at radius 2 is 1.41 bits per heavy atom. The summed E-state index contributed by atoms with van der Waals surface area (Å²) in [4.78, 5) is 4.70. The number of rotatable bonds is 3. The highest BCUT2D eigenvalue weighted by Crippen LogP contribution is 2.32. The molecule has 0 unspecified atom stereocenters. The minimum atomic E-state index is 0.839. The van der Waals surface area contributed by atoms with Gasteiger partial charge in [-0.3, -0.25) is 4.40 Å². The number of aromatic nitrogens is 3. The van der Waals surface area contributed by atoms with Crippen LogP contribution in [0.3, 0.4) is 0 Å². The summed E-state index contributed by atoms with van der Waals surface area (Å²) in [6.45, 7) is 0.839. The van der Waals surface area contributed by atoms with Crippen molar-refractivity contribution in [1.29, 1.82) is 0 Å². The zero-order chi connectivity index (χ0) is 19.2. The standard InChI is InChI=1S/C26H19N3/c1-3-9-19(10-4-1)17-28-23-14-8-7-13-21(23)22-15-26-27-16-24(29(26)18-25(22)28)20-11-5-2-6-12-20/h1-16,18H,17H2. The normalized spacial score (nSPS) is 11.6. The van der Waals surface area contributed by atoms with Gasteiger partial charge >= 0.3 is 0 Å². The predicted molar refractivity (Wildman–Crippen MR) is 119 cm³/mol. The highest BCUT2D eigenvalue weighted by atomic mass is 15.0. The summed E-state index contributed by atoms with van der Waals surface area (Å²) in [5.74, 6) is 0. The lowest BCUT2D eigenvalue weighted by atomic mass is 10.1. The van der Waals surface area contributed by atoms with Gasteiger partial charge in [0.25, 0.3) is 0 Å². The number of benzene rings is 3. The molecule has 3 heteroatoms. The Morgan fingerprint density at radius 3 is 2.24 bits per heavy atom. The van der Waals surface area contributed by atoms with Crippen molar-refractivity contribution in [3.63, 3.8) is 0 Å². The van der Waals surface area contributed by atoms with Crippen LogP contribution in [0.5, 0.6) is 0 Å². The lowest BCUT2D eigenvalue weighted by Gasteiger charge is -2.09. The molecule has 0 aliphatic rings. The van der Waals surface area contributed by atoms with Crippen LogP contribution in [-0.2, 0) is 6.54 Å². The average Bonchev–Trinajstić information content (AvgIpc) is 3.33. The SMILES string of the molecule is c1ccc(Cn2c3ccccc3c3cc4ncc(-c5ccccc5)n4cc32)cc1. The van der Waals surface area contributed by atoms with E-state index in [2.05, 4.69) is 100 Å². The van der Waals surface area contributed by atoms with Gasteiger partial charge in [0.2, 0.25) is 0 Å². The molecule has 0 aliphatic carbocycles. The third-order valence-electron chi connectivity index (χ3n) is 5.66. The molecular weight excluding hydrogens is 354 g/mol. The van der Waals surface area contributed by atoms with Crippen LogP contribution in [0.15, 0.2) is 103 Å². The molecule has 0 aliphatic heterocycles. The van der Waals surface area contributed by atoms with Gasteiger partial charge in [0, 0.05) is 34.6 Å². The second-order valence-corrected chi connectivity index (χ2v) is 7.40. The fourth-order valence-corrected chi connectivity index (χ4v) is 4.27. The summed E-state index contributed by atoms with van der Waals surface area (Å²) in [6.07, 6.45) is 4.20. The van der Waals surface area contributed by atoms with Gasteiger partial charge in [-0.05, 0) is 17.7 Å². The zero-order valence-corrected chi connectivity index (χ0v) is 15.9. The number of pyridine rings is 1. The molecule has 0 atom stereocenters. The molecule has 3 heterocycles. The molecule has 138 valence electrons. The Kier molecular flexibility index (Phi) is 3.53. The van der Waals surface area contributed by atoms with Crippen LogP contribution in [0.2, 0.25) is 0 Å². The number of hydrogen-bond donors (Lipinski definition) is 0. The number of fused-ring (bicyclic) bond motifs is 4. The van der Waals surface area contributed by atoms with Gasteiger partial charge in [0.15, 0.2) is 0 Å². The number of hydrogen-bond acceptors (Lipinski definition) is 1. The highest BCUT2D eigenvalue weighted by molar-refractivity contribution is 6.09. The fraction of sp³-hybridized carbons (Fsp3) is 0.0385. The molecule has 0 spiro atoms. The Morgan fingerprint density at radius 1 is 0.690 bits per heavy atom. The molecule has 0 saturated heterocycles. The lowest BCUT2D eigenvalue weighted by molar-refractivity contribution is 0.865. The third kappa shape index (κ3) is 2.55. The van der Waals surface area contributed by atoms with Gasteiger partial charge < -0.3 is 4.57 Å². The summed E-state index contributed by atoms with van der Waals surface area (Å²) in [7, 11) is 0. The smallest absolute Gasteiger partial charge is 0.137 e. The molecule has 0 saturated carbocycles. The van der Waals surface area contributed by atoms with E-state index in [-0.39, 0.29) is 0 Å². The van der Waals surface area contributed by atoms with E-state index in [1.54, 1.807) is 0 Å².